The zero-order chi connectivity index (χ0) is 22.1. The van der Waals surface area contributed by atoms with Gasteiger partial charge in [-0.05, 0) is 25.8 Å². The van der Waals surface area contributed by atoms with Crippen molar-refractivity contribution in [2.45, 2.75) is 31.9 Å². The van der Waals surface area contributed by atoms with E-state index in [2.05, 4.69) is 15.3 Å². The van der Waals surface area contributed by atoms with Crippen LogP contribution in [0.5, 0.6) is 0 Å². The lowest BCUT2D eigenvalue weighted by atomic mass is 10.1. The fourth-order valence-corrected chi connectivity index (χ4v) is 5.06. The number of rotatable bonds is 8. The lowest BCUT2D eigenvalue weighted by Gasteiger charge is -2.15. The van der Waals surface area contributed by atoms with Gasteiger partial charge in [-0.2, -0.15) is 13.1 Å². The van der Waals surface area contributed by atoms with Gasteiger partial charge in [0.05, 0.1) is 16.5 Å². The van der Waals surface area contributed by atoms with E-state index >= 15 is 0 Å². The van der Waals surface area contributed by atoms with Crippen molar-refractivity contribution in [2.24, 2.45) is 5.92 Å². The molecule has 0 unspecified atom stereocenters. The molecule has 1 aliphatic carbocycles. The molecule has 162 valence electrons. The van der Waals surface area contributed by atoms with E-state index in [1.165, 1.54) is 25.5 Å². The molecule has 2 heterocycles. The summed E-state index contributed by atoms with van der Waals surface area (Å²) in [6, 6.07) is 1.15. The number of aliphatic hydroxyl groups excluding tert-OH is 1. The smallest absolute Gasteiger partial charge is 0.333 e. The van der Waals surface area contributed by atoms with Crippen molar-refractivity contribution in [1.29, 1.82) is 0 Å². The van der Waals surface area contributed by atoms with Crippen LogP contribution in [0.2, 0.25) is 4.34 Å². The van der Waals surface area contributed by atoms with Gasteiger partial charge >= 0.3 is 10.3 Å². The first-order valence-corrected chi connectivity index (χ1v) is 11.5. The quantitative estimate of drug-likeness (QED) is 0.329. The molecule has 0 aliphatic heterocycles. The molecule has 4 N–H and O–H groups in total. The van der Waals surface area contributed by atoms with E-state index in [4.69, 9.17) is 16.2 Å². The maximum atomic E-state index is 12.9. The summed E-state index contributed by atoms with van der Waals surface area (Å²) in [6.45, 7) is 1.24. The molecule has 0 radical (unpaired) electrons. The van der Waals surface area contributed by atoms with Crippen molar-refractivity contribution in [3.05, 3.63) is 38.9 Å². The van der Waals surface area contributed by atoms with Crippen molar-refractivity contribution in [3.8, 4) is 0 Å². The predicted molar refractivity (Wildman–Crippen MR) is 110 cm³/mol. The first-order chi connectivity index (χ1) is 14.0. The van der Waals surface area contributed by atoms with E-state index in [1.54, 1.807) is 0 Å². The molecule has 3 rings (SSSR count). The minimum atomic E-state index is -4.35. The zero-order valence-corrected chi connectivity index (χ0v) is 18.1. The average Bonchev–Trinajstić information content (AvgIpc) is 3.22. The van der Waals surface area contributed by atoms with Crippen molar-refractivity contribution < 1.29 is 27.7 Å². The van der Waals surface area contributed by atoms with Crippen LogP contribution in [0.1, 0.15) is 45.4 Å². The Labute approximate surface area is 181 Å². The Morgan fingerprint density at radius 1 is 1.33 bits per heavy atom. The molecule has 2 aromatic rings. The molecule has 3 atom stereocenters. The number of ketones is 2. The number of carbonyl (C=O) groups excluding carboxylic acids is 2. The summed E-state index contributed by atoms with van der Waals surface area (Å²) in [4.78, 5) is 32.8. The Morgan fingerprint density at radius 2 is 2.07 bits per heavy atom. The highest BCUT2D eigenvalue weighted by atomic mass is 35.5. The molecule has 1 aliphatic rings. The fraction of sp³-hybridized carbons (Fsp3) is 0.412. The van der Waals surface area contributed by atoms with E-state index in [1.807, 2.05) is 4.72 Å². The molecular weight excluding hydrogens is 456 g/mol. The van der Waals surface area contributed by atoms with Crippen LogP contribution in [-0.2, 0) is 10.3 Å². The predicted octanol–water partition coefficient (Wildman–Crippen LogP) is 1.57. The number of nitrogens with one attached hydrogen (secondary N) is 2. The van der Waals surface area contributed by atoms with Gasteiger partial charge in [-0.3, -0.25) is 14.1 Å². The molecule has 0 bridgehead atoms. The third-order valence-corrected chi connectivity index (χ3v) is 6.66. The third kappa shape index (κ3) is 5.39. The van der Waals surface area contributed by atoms with Gasteiger partial charge in [-0.15, -0.1) is 11.3 Å². The van der Waals surface area contributed by atoms with Gasteiger partial charge in [0.2, 0.25) is 5.78 Å². The van der Waals surface area contributed by atoms with Crippen LogP contribution in [0.3, 0.4) is 0 Å². The molecule has 1 saturated carbocycles. The Hall–Kier alpha value is -1.96. The number of nitrogens with zero attached hydrogens (tertiary/aromatic N) is 2. The standard InChI is InChI=1S/C17H19ClN4O6S2/c1-8(23)11-4-14(29-16(11)18)15(25)12-6-19-7-20-17(12)22-10-2-9(13(24)3-10)5-21-30(26,27)28/h4,6-7,9-10,13,21,24H,2-3,5H2,1H3,(H,19,20,22)(H,26,27,28)/t9-,10-,13+/m1/s1. The second-order valence-corrected chi connectivity index (χ2v) is 9.83. The van der Waals surface area contributed by atoms with Gasteiger partial charge in [0.15, 0.2) is 5.78 Å². The summed E-state index contributed by atoms with van der Waals surface area (Å²) in [7, 11) is -4.35. The van der Waals surface area contributed by atoms with E-state index < -0.39 is 28.1 Å². The fourth-order valence-electron chi connectivity index (χ4n) is 3.31. The van der Waals surface area contributed by atoms with E-state index in [0.717, 1.165) is 11.3 Å². The van der Waals surface area contributed by atoms with Gasteiger partial charge in [-0.1, -0.05) is 11.6 Å². The molecule has 13 heteroatoms. The van der Waals surface area contributed by atoms with Gasteiger partial charge < -0.3 is 10.4 Å². The number of anilines is 1. The minimum Gasteiger partial charge on any atom is -0.393 e. The van der Waals surface area contributed by atoms with Gasteiger partial charge in [-0.25, -0.2) is 9.97 Å². The Bertz CT molecular complexity index is 1070. The van der Waals surface area contributed by atoms with Gasteiger partial charge in [0.1, 0.15) is 16.5 Å². The van der Waals surface area contributed by atoms with Crippen LogP contribution in [0, 0.1) is 5.92 Å². The van der Waals surface area contributed by atoms with Crippen molar-refractivity contribution in [3.63, 3.8) is 0 Å². The number of aliphatic hydroxyl groups is 1. The summed E-state index contributed by atoms with van der Waals surface area (Å²) in [5.41, 5.74) is 0.448. The Balaban J connectivity index is 1.75. The molecule has 0 spiro atoms. The normalized spacial score (nSPS) is 21.5. The molecule has 0 saturated heterocycles. The maximum absolute atomic E-state index is 12.9. The molecule has 10 nitrogen and oxygen atoms in total. The summed E-state index contributed by atoms with van der Waals surface area (Å²) < 4.78 is 32.7. The molecule has 0 aromatic carbocycles. The largest absolute Gasteiger partial charge is 0.393 e. The van der Waals surface area contributed by atoms with Crippen LogP contribution in [-0.4, -0.2) is 58.3 Å². The second kappa shape index (κ2) is 9.04. The summed E-state index contributed by atoms with van der Waals surface area (Å²) >= 11 is 7.04. The number of halogens is 1. The first kappa shape index (κ1) is 22.7. The molecule has 30 heavy (non-hydrogen) atoms. The van der Waals surface area contributed by atoms with Gasteiger partial charge in [0, 0.05) is 30.3 Å². The highest BCUT2D eigenvalue weighted by Gasteiger charge is 2.34. The lowest BCUT2D eigenvalue weighted by Crippen LogP contribution is -2.32. The van der Waals surface area contributed by atoms with E-state index in [0.29, 0.717) is 12.8 Å². The summed E-state index contributed by atoms with van der Waals surface area (Å²) in [5, 5.41) is 13.3. The van der Waals surface area contributed by atoms with E-state index in [9.17, 15) is 23.1 Å². The number of Topliss-reactive ketones (excluding diaryl/α,β-unsaturated/α-hetero) is 1. The maximum Gasteiger partial charge on any atom is 0.333 e. The molecule has 0 amide bonds. The van der Waals surface area contributed by atoms with Crippen LogP contribution >= 0.6 is 22.9 Å². The van der Waals surface area contributed by atoms with Crippen LogP contribution < -0.4 is 10.0 Å². The molecular formula is C17H19ClN4O6S2. The average molecular weight is 475 g/mol. The molecule has 1 fully saturated rings. The number of hydrogen-bond donors (Lipinski definition) is 4. The highest BCUT2D eigenvalue weighted by molar-refractivity contribution is 7.83. The number of hydrogen-bond acceptors (Lipinski definition) is 9. The van der Waals surface area contributed by atoms with Crippen LogP contribution in [0.15, 0.2) is 18.6 Å². The summed E-state index contributed by atoms with van der Waals surface area (Å²) in [6.07, 6.45) is 2.51. The topological polar surface area (TPSA) is 159 Å². The SMILES string of the molecule is CC(=O)c1cc(C(=O)c2cncnc2N[C@@H]2C[C@H](CNS(=O)(=O)O)[C@@H](O)C2)sc1Cl. The number of carbonyl (C=O) groups is 2. The zero-order valence-electron chi connectivity index (χ0n) is 15.7. The first-order valence-electron chi connectivity index (χ1n) is 8.86. The van der Waals surface area contributed by atoms with Crippen LogP contribution in [0.25, 0.3) is 0 Å². The van der Waals surface area contributed by atoms with Crippen LogP contribution in [0.4, 0.5) is 5.82 Å². The van der Waals surface area contributed by atoms with Gasteiger partial charge in [0.25, 0.3) is 0 Å². The highest BCUT2D eigenvalue weighted by Crippen LogP contribution is 2.32. The van der Waals surface area contributed by atoms with E-state index in [-0.39, 0.29) is 44.5 Å². The van der Waals surface area contributed by atoms with Crippen molar-refractivity contribution >= 4 is 50.6 Å². The molecule has 2 aromatic heterocycles. The number of aromatic nitrogens is 2. The Kier molecular flexibility index (Phi) is 6.84. The van der Waals surface area contributed by atoms with Crippen molar-refractivity contribution in [2.75, 3.05) is 11.9 Å². The number of thiophene rings is 1. The minimum absolute atomic E-state index is 0.116. The van der Waals surface area contributed by atoms with Crippen molar-refractivity contribution in [1.82, 2.24) is 14.7 Å². The monoisotopic (exact) mass is 474 g/mol. The third-order valence-electron chi connectivity index (χ3n) is 4.77. The lowest BCUT2D eigenvalue weighted by molar-refractivity contribution is 0.101. The second-order valence-electron chi connectivity index (χ2n) is 6.93. The Morgan fingerprint density at radius 3 is 2.70 bits per heavy atom. The summed E-state index contributed by atoms with van der Waals surface area (Å²) in [5.74, 6) is -0.813.